The summed E-state index contributed by atoms with van der Waals surface area (Å²) in [5.41, 5.74) is 1.88. The molecule has 1 aromatic heterocycles. The molecule has 0 aliphatic carbocycles. The van der Waals surface area contributed by atoms with E-state index in [2.05, 4.69) is 10.3 Å². The Kier molecular flexibility index (Phi) is 4.37. The zero-order chi connectivity index (χ0) is 14.7. The maximum atomic E-state index is 12.5. The molecule has 108 valence electrons. The van der Waals surface area contributed by atoms with E-state index >= 15 is 0 Å². The fourth-order valence-electron chi connectivity index (χ4n) is 2.43. The largest absolute Gasteiger partial charge is 0.343 e. The second-order valence-corrected chi connectivity index (χ2v) is 5.26. The Labute approximate surface area is 119 Å². The summed E-state index contributed by atoms with van der Waals surface area (Å²) in [6, 6.07) is 2.99. The maximum Gasteiger partial charge on any atom is 0.246 e. The van der Waals surface area contributed by atoms with Gasteiger partial charge in [-0.1, -0.05) is 19.4 Å². The van der Waals surface area contributed by atoms with Crippen LogP contribution in [0.4, 0.5) is 0 Å². The Morgan fingerprint density at radius 2 is 2.15 bits per heavy atom. The van der Waals surface area contributed by atoms with E-state index in [0.29, 0.717) is 13.0 Å². The molecule has 1 fully saturated rings. The number of carbonyl (C=O) groups is 2. The third-order valence-electron chi connectivity index (χ3n) is 3.76. The number of nitrogens with one attached hydrogen (secondary N) is 1. The third kappa shape index (κ3) is 2.81. The van der Waals surface area contributed by atoms with Crippen LogP contribution in [0.2, 0.25) is 0 Å². The number of aryl methyl sites for hydroxylation is 1. The van der Waals surface area contributed by atoms with Gasteiger partial charge in [0, 0.05) is 6.20 Å². The molecule has 2 heterocycles. The summed E-state index contributed by atoms with van der Waals surface area (Å²) in [6.45, 7) is 6.11. The van der Waals surface area contributed by atoms with Gasteiger partial charge in [0.15, 0.2) is 0 Å². The van der Waals surface area contributed by atoms with Crippen molar-refractivity contribution in [1.29, 1.82) is 0 Å². The molecule has 1 aliphatic heterocycles. The molecule has 2 atom stereocenters. The van der Waals surface area contributed by atoms with E-state index in [1.54, 1.807) is 18.0 Å². The molecule has 1 aromatic rings. The molecule has 0 spiro atoms. The third-order valence-corrected chi connectivity index (χ3v) is 3.76. The van der Waals surface area contributed by atoms with Crippen molar-refractivity contribution >= 4 is 11.8 Å². The van der Waals surface area contributed by atoms with Crippen LogP contribution in [0.15, 0.2) is 18.3 Å². The predicted molar refractivity (Wildman–Crippen MR) is 75.8 cm³/mol. The van der Waals surface area contributed by atoms with E-state index in [0.717, 1.165) is 17.7 Å². The molecule has 2 amide bonds. The highest BCUT2D eigenvalue weighted by Crippen LogP contribution is 2.17. The average molecular weight is 275 g/mol. The molecular formula is C15H21N3O2. The SMILES string of the molecule is CCCC1NC(=O)C(C)N(Cc2ncccc2C)C1=O. The first-order valence-electron chi connectivity index (χ1n) is 7.06. The molecular weight excluding hydrogens is 254 g/mol. The van der Waals surface area contributed by atoms with Gasteiger partial charge in [0.1, 0.15) is 12.1 Å². The zero-order valence-electron chi connectivity index (χ0n) is 12.2. The second-order valence-electron chi connectivity index (χ2n) is 5.26. The number of carbonyl (C=O) groups excluding carboxylic acids is 2. The fourth-order valence-corrected chi connectivity index (χ4v) is 2.43. The van der Waals surface area contributed by atoms with E-state index in [1.165, 1.54) is 0 Å². The van der Waals surface area contributed by atoms with Gasteiger partial charge in [-0.15, -0.1) is 0 Å². The first-order chi connectivity index (χ1) is 9.54. The molecule has 0 saturated carbocycles. The molecule has 0 aromatic carbocycles. The minimum Gasteiger partial charge on any atom is -0.343 e. The molecule has 20 heavy (non-hydrogen) atoms. The highest BCUT2D eigenvalue weighted by Gasteiger charge is 2.37. The molecule has 5 heteroatoms. The lowest BCUT2D eigenvalue weighted by molar-refractivity contribution is -0.149. The number of amides is 2. The summed E-state index contributed by atoms with van der Waals surface area (Å²) in [4.78, 5) is 30.4. The van der Waals surface area contributed by atoms with Gasteiger partial charge < -0.3 is 10.2 Å². The van der Waals surface area contributed by atoms with Gasteiger partial charge >= 0.3 is 0 Å². The topological polar surface area (TPSA) is 62.3 Å². The average Bonchev–Trinajstić information content (AvgIpc) is 2.43. The van der Waals surface area contributed by atoms with Crippen molar-refractivity contribution in [1.82, 2.24) is 15.2 Å². The molecule has 0 radical (unpaired) electrons. The normalized spacial score (nSPS) is 22.9. The number of pyridine rings is 1. The van der Waals surface area contributed by atoms with Crippen LogP contribution in [-0.2, 0) is 16.1 Å². The lowest BCUT2D eigenvalue weighted by Gasteiger charge is -2.37. The molecule has 1 aliphatic rings. The summed E-state index contributed by atoms with van der Waals surface area (Å²) in [5, 5.41) is 2.80. The van der Waals surface area contributed by atoms with Crippen LogP contribution in [0.25, 0.3) is 0 Å². The van der Waals surface area contributed by atoms with Crippen LogP contribution in [0.5, 0.6) is 0 Å². The smallest absolute Gasteiger partial charge is 0.246 e. The molecule has 5 nitrogen and oxygen atoms in total. The van der Waals surface area contributed by atoms with Crippen molar-refractivity contribution in [3.05, 3.63) is 29.6 Å². The summed E-state index contributed by atoms with van der Waals surface area (Å²) in [6.07, 6.45) is 3.25. The summed E-state index contributed by atoms with van der Waals surface area (Å²) < 4.78 is 0. The van der Waals surface area contributed by atoms with E-state index in [1.807, 2.05) is 26.0 Å². The Balaban J connectivity index is 2.21. The van der Waals surface area contributed by atoms with Crippen LogP contribution in [0.1, 0.15) is 37.9 Å². The van der Waals surface area contributed by atoms with Gasteiger partial charge in [-0.3, -0.25) is 14.6 Å². The number of aromatic nitrogens is 1. The minimum absolute atomic E-state index is 0.0102. The van der Waals surface area contributed by atoms with Crippen LogP contribution in [0.3, 0.4) is 0 Å². The van der Waals surface area contributed by atoms with Crippen LogP contribution < -0.4 is 5.32 Å². The summed E-state index contributed by atoms with van der Waals surface area (Å²) in [5.74, 6) is -0.0966. The van der Waals surface area contributed by atoms with Gasteiger partial charge in [0.05, 0.1) is 12.2 Å². The van der Waals surface area contributed by atoms with Gasteiger partial charge in [-0.2, -0.15) is 0 Å². The van der Waals surface area contributed by atoms with Gasteiger partial charge in [-0.25, -0.2) is 0 Å². The first kappa shape index (κ1) is 14.5. The molecule has 2 rings (SSSR count). The summed E-state index contributed by atoms with van der Waals surface area (Å²) >= 11 is 0. The molecule has 0 bridgehead atoms. The maximum absolute atomic E-state index is 12.5. The van der Waals surface area contributed by atoms with Crippen LogP contribution in [-0.4, -0.2) is 33.8 Å². The van der Waals surface area contributed by atoms with Crippen molar-refractivity contribution in [3.8, 4) is 0 Å². The zero-order valence-corrected chi connectivity index (χ0v) is 12.2. The Bertz CT molecular complexity index is 516. The van der Waals surface area contributed by atoms with Crippen molar-refractivity contribution in [2.75, 3.05) is 0 Å². The lowest BCUT2D eigenvalue weighted by atomic mass is 10.0. The Morgan fingerprint density at radius 3 is 2.80 bits per heavy atom. The number of hydrogen-bond donors (Lipinski definition) is 1. The lowest BCUT2D eigenvalue weighted by Crippen LogP contribution is -2.61. The van der Waals surface area contributed by atoms with Crippen LogP contribution in [0, 0.1) is 6.92 Å². The van der Waals surface area contributed by atoms with Crippen molar-refractivity contribution in [2.45, 2.75) is 52.2 Å². The summed E-state index contributed by atoms with van der Waals surface area (Å²) in [7, 11) is 0. The monoisotopic (exact) mass is 275 g/mol. The van der Waals surface area contributed by atoms with Crippen molar-refractivity contribution in [2.24, 2.45) is 0 Å². The number of rotatable bonds is 4. The van der Waals surface area contributed by atoms with E-state index in [4.69, 9.17) is 0 Å². The Hall–Kier alpha value is -1.91. The Morgan fingerprint density at radius 1 is 1.40 bits per heavy atom. The van der Waals surface area contributed by atoms with E-state index in [9.17, 15) is 9.59 Å². The first-order valence-corrected chi connectivity index (χ1v) is 7.06. The second kappa shape index (κ2) is 6.03. The van der Waals surface area contributed by atoms with Gasteiger partial charge in [0.2, 0.25) is 11.8 Å². The van der Waals surface area contributed by atoms with Crippen molar-refractivity contribution < 1.29 is 9.59 Å². The van der Waals surface area contributed by atoms with E-state index < -0.39 is 12.1 Å². The molecule has 2 unspecified atom stereocenters. The quantitative estimate of drug-likeness (QED) is 0.903. The minimum atomic E-state index is -0.447. The number of piperazine rings is 1. The van der Waals surface area contributed by atoms with Crippen molar-refractivity contribution in [3.63, 3.8) is 0 Å². The molecule has 1 saturated heterocycles. The van der Waals surface area contributed by atoms with Gasteiger partial charge in [0.25, 0.3) is 0 Å². The van der Waals surface area contributed by atoms with E-state index in [-0.39, 0.29) is 11.8 Å². The predicted octanol–water partition coefficient (Wildman–Crippen LogP) is 1.41. The number of nitrogens with zero attached hydrogens (tertiary/aromatic N) is 2. The van der Waals surface area contributed by atoms with Gasteiger partial charge in [-0.05, 0) is 31.9 Å². The van der Waals surface area contributed by atoms with Crippen LogP contribution >= 0.6 is 0 Å². The fraction of sp³-hybridized carbons (Fsp3) is 0.533. The molecule has 1 N–H and O–H groups in total. The standard InChI is InChI=1S/C15H21N3O2/c1-4-6-12-15(20)18(11(3)14(19)17-12)9-13-10(2)7-5-8-16-13/h5,7-8,11-12H,4,6,9H2,1-3H3,(H,17,19). The highest BCUT2D eigenvalue weighted by atomic mass is 16.2. The number of hydrogen-bond acceptors (Lipinski definition) is 3. The highest BCUT2D eigenvalue weighted by molar-refractivity contribution is 5.96.